The van der Waals surface area contributed by atoms with Crippen LogP contribution in [0.25, 0.3) is 0 Å². The molecule has 0 aromatic carbocycles. The van der Waals surface area contributed by atoms with E-state index >= 15 is 0 Å². The van der Waals surface area contributed by atoms with E-state index in [4.69, 9.17) is 5.73 Å². The van der Waals surface area contributed by atoms with Crippen molar-refractivity contribution >= 4 is 9.84 Å². The summed E-state index contributed by atoms with van der Waals surface area (Å²) in [6.07, 6.45) is 5.23. The van der Waals surface area contributed by atoms with Gasteiger partial charge in [-0.2, -0.15) is 0 Å². The highest BCUT2D eigenvalue weighted by Crippen LogP contribution is 2.28. The fraction of sp³-hybridized carbons (Fsp3) is 1.00. The smallest absolute Gasteiger partial charge is 0.152 e. The van der Waals surface area contributed by atoms with Crippen molar-refractivity contribution in [2.45, 2.75) is 50.1 Å². The maximum absolute atomic E-state index is 11.5. The van der Waals surface area contributed by atoms with Crippen LogP contribution in [-0.4, -0.2) is 37.5 Å². The normalized spacial score (nSPS) is 36.6. The predicted octanol–water partition coefficient (Wildman–Crippen LogP) is 0.425. The first-order valence-electron chi connectivity index (χ1n) is 6.07. The Bertz CT molecular complexity index is 360. The monoisotopic (exact) mass is 246 g/mol. The molecule has 1 aliphatic heterocycles. The van der Waals surface area contributed by atoms with Crippen LogP contribution in [0.15, 0.2) is 0 Å². The Hall–Kier alpha value is -0.130. The Balaban J connectivity index is 1.91. The molecule has 1 saturated heterocycles. The highest BCUT2D eigenvalue weighted by atomic mass is 32.2. The van der Waals surface area contributed by atoms with E-state index < -0.39 is 9.84 Å². The van der Waals surface area contributed by atoms with Gasteiger partial charge in [0.25, 0.3) is 0 Å². The molecular weight excluding hydrogens is 224 g/mol. The number of nitrogens with one attached hydrogen (secondary N) is 1. The molecule has 5 heteroatoms. The van der Waals surface area contributed by atoms with Crippen molar-refractivity contribution < 1.29 is 8.42 Å². The van der Waals surface area contributed by atoms with Crippen molar-refractivity contribution in [1.82, 2.24) is 5.32 Å². The van der Waals surface area contributed by atoms with E-state index in [0.717, 1.165) is 19.4 Å². The highest BCUT2D eigenvalue weighted by molar-refractivity contribution is 7.91. The van der Waals surface area contributed by atoms with E-state index in [1.54, 1.807) is 0 Å². The Morgan fingerprint density at radius 2 is 1.88 bits per heavy atom. The van der Waals surface area contributed by atoms with Gasteiger partial charge < -0.3 is 11.1 Å². The molecule has 0 amide bonds. The quantitative estimate of drug-likeness (QED) is 0.757. The Morgan fingerprint density at radius 3 is 2.38 bits per heavy atom. The molecule has 0 spiro atoms. The van der Waals surface area contributed by atoms with Crippen LogP contribution in [0.1, 0.15) is 39.0 Å². The van der Waals surface area contributed by atoms with E-state index in [0.29, 0.717) is 12.2 Å². The third kappa shape index (κ3) is 2.76. The van der Waals surface area contributed by atoms with Crippen LogP contribution in [0.2, 0.25) is 0 Å². The second kappa shape index (κ2) is 3.96. The zero-order valence-corrected chi connectivity index (χ0v) is 10.8. The van der Waals surface area contributed by atoms with E-state index in [1.165, 1.54) is 12.8 Å². The minimum absolute atomic E-state index is 0.102. The van der Waals surface area contributed by atoms with Gasteiger partial charge in [-0.1, -0.05) is 12.8 Å². The van der Waals surface area contributed by atoms with E-state index in [9.17, 15) is 8.42 Å². The summed E-state index contributed by atoms with van der Waals surface area (Å²) < 4.78 is 22.9. The van der Waals surface area contributed by atoms with Gasteiger partial charge in [0.1, 0.15) is 0 Å². The van der Waals surface area contributed by atoms with Gasteiger partial charge in [-0.25, -0.2) is 8.42 Å². The van der Waals surface area contributed by atoms with Gasteiger partial charge in [-0.3, -0.25) is 0 Å². The minimum atomic E-state index is -2.82. The van der Waals surface area contributed by atoms with Gasteiger partial charge in [-0.15, -0.1) is 0 Å². The lowest BCUT2D eigenvalue weighted by atomic mass is 9.95. The molecule has 0 aromatic heterocycles. The van der Waals surface area contributed by atoms with Crippen LogP contribution in [0.5, 0.6) is 0 Å². The Morgan fingerprint density at radius 1 is 1.25 bits per heavy atom. The molecule has 1 heterocycles. The molecule has 4 nitrogen and oxygen atoms in total. The molecule has 1 saturated carbocycles. The molecule has 1 aliphatic carbocycles. The summed E-state index contributed by atoms with van der Waals surface area (Å²) in [5, 5.41) is 3.39. The molecule has 1 unspecified atom stereocenters. The Labute approximate surface area is 97.9 Å². The maximum atomic E-state index is 11.5. The number of hydrogen-bond acceptors (Lipinski definition) is 4. The molecule has 2 aliphatic rings. The topological polar surface area (TPSA) is 72.2 Å². The lowest BCUT2D eigenvalue weighted by molar-refractivity contribution is 0.322. The number of hydrogen-bond donors (Lipinski definition) is 2. The predicted molar refractivity (Wildman–Crippen MR) is 65.1 cm³/mol. The molecule has 0 bridgehead atoms. The lowest BCUT2D eigenvalue weighted by Crippen LogP contribution is -2.54. The zero-order valence-electron chi connectivity index (χ0n) is 9.96. The summed E-state index contributed by atoms with van der Waals surface area (Å²) >= 11 is 0. The molecular formula is C11H22N2O2S. The van der Waals surface area contributed by atoms with E-state index in [1.807, 2.05) is 6.92 Å². The standard InChI is InChI=1S/C11H22N2O2S/c1-10(6-7-16(14,15)9-10)13-8-11(12)4-2-3-5-11/h13H,2-9,12H2,1H3. The summed E-state index contributed by atoms with van der Waals surface area (Å²) in [4.78, 5) is 0. The fourth-order valence-electron chi connectivity index (χ4n) is 2.80. The van der Waals surface area contributed by atoms with E-state index in [2.05, 4.69) is 5.32 Å². The largest absolute Gasteiger partial charge is 0.324 e. The summed E-state index contributed by atoms with van der Waals surface area (Å²) in [7, 11) is -2.82. The van der Waals surface area contributed by atoms with Crippen molar-refractivity contribution in [2.24, 2.45) is 5.73 Å². The number of rotatable bonds is 3. The van der Waals surface area contributed by atoms with Crippen LogP contribution in [-0.2, 0) is 9.84 Å². The summed E-state index contributed by atoms with van der Waals surface area (Å²) in [6.45, 7) is 2.74. The average Bonchev–Trinajstić information content (AvgIpc) is 2.70. The molecule has 16 heavy (non-hydrogen) atoms. The SMILES string of the molecule is CC1(NCC2(N)CCCC2)CCS(=O)(=O)C1. The van der Waals surface area contributed by atoms with Gasteiger partial charge in [0.2, 0.25) is 0 Å². The first kappa shape index (κ1) is 12.3. The maximum Gasteiger partial charge on any atom is 0.152 e. The average molecular weight is 246 g/mol. The fourth-order valence-corrected chi connectivity index (χ4v) is 4.92. The molecule has 94 valence electrons. The van der Waals surface area contributed by atoms with Crippen molar-refractivity contribution in [3.63, 3.8) is 0 Å². The summed E-state index contributed by atoms with van der Waals surface area (Å²) in [5.74, 6) is 0.574. The lowest BCUT2D eigenvalue weighted by Gasteiger charge is -2.31. The molecule has 2 rings (SSSR count). The van der Waals surface area contributed by atoms with Crippen molar-refractivity contribution in [3.8, 4) is 0 Å². The number of sulfone groups is 1. The van der Waals surface area contributed by atoms with Gasteiger partial charge in [0, 0.05) is 17.6 Å². The summed E-state index contributed by atoms with van der Waals surface area (Å²) in [6, 6.07) is 0. The van der Waals surface area contributed by atoms with E-state index in [-0.39, 0.29) is 16.8 Å². The second-order valence-corrected chi connectivity index (χ2v) is 8.01. The first-order valence-corrected chi connectivity index (χ1v) is 7.89. The summed E-state index contributed by atoms with van der Waals surface area (Å²) in [5.41, 5.74) is 5.89. The van der Waals surface area contributed by atoms with Crippen molar-refractivity contribution in [2.75, 3.05) is 18.1 Å². The molecule has 0 radical (unpaired) electrons. The van der Waals surface area contributed by atoms with Gasteiger partial charge in [0.15, 0.2) is 9.84 Å². The third-order valence-corrected chi connectivity index (χ3v) is 5.87. The zero-order chi connectivity index (χ0) is 11.9. The van der Waals surface area contributed by atoms with Crippen LogP contribution < -0.4 is 11.1 Å². The second-order valence-electron chi connectivity index (χ2n) is 5.83. The van der Waals surface area contributed by atoms with Gasteiger partial charge in [0.05, 0.1) is 11.5 Å². The van der Waals surface area contributed by atoms with Crippen LogP contribution in [0, 0.1) is 0 Å². The minimum Gasteiger partial charge on any atom is -0.324 e. The molecule has 2 fully saturated rings. The third-order valence-electron chi connectivity index (χ3n) is 3.97. The molecule has 0 aromatic rings. The van der Waals surface area contributed by atoms with Crippen LogP contribution in [0.4, 0.5) is 0 Å². The van der Waals surface area contributed by atoms with Gasteiger partial charge in [-0.05, 0) is 26.2 Å². The highest BCUT2D eigenvalue weighted by Gasteiger charge is 2.40. The molecule has 3 N–H and O–H groups in total. The Kier molecular flexibility index (Phi) is 3.05. The van der Waals surface area contributed by atoms with Crippen molar-refractivity contribution in [1.29, 1.82) is 0 Å². The van der Waals surface area contributed by atoms with Crippen LogP contribution >= 0.6 is 0 Å². The van der Waals surface area contributed by atoms with Crippen LogP contribution in [0.3, 0.4) is 0 Å². The van der Waals surface area contributed by atoms with Crippen molar-refractivity contribution in [3.05, 3.63) is 0 Å². The first-order chi connectivity index (χ1) is 7.33. The van der Waals surface area contributed by atoms with Gasteiger partial charge >= 0.3 is 0 Å². The number of nitrogens with two attached hydrogens (primary N) is 1. The molecule has 1 atom stereocenters.